The van der Waals surface area contributed by atoms with Crippen LogP contribution in [-0.2, 0) is 14.7 Å². The highest BCUT2D eigenvalue weighted by Gasteiger charge is 2.29. The molecule has 0 aromatic carbocycles. The van der Waals surface area contributed by atoms with Gasteiger partial charge in [0.25, 0.3) is 0 Å². The normalized spacial score (nSPS) is 24.8. The quantitative estimate of drug-likeness (QED) is 0.508. The fourth-order valence-corrected chi connectivity index (χ4v) is 2.61. The number of hydroxylamine groups is 2. The average Bonchev–Trinajstić information content (AvgIpc) is 2.42. The van der Waals surface area contributed by atoms with Crippen molar-refractivity contribution in [3.8, 4) is 0 Å². The molecule has 2 rings (SSSR count). The zero-order chi connectivity index (χ0) is 15.6. The summed E-state index contributed by atoms with van der Waals surface area (Å²) in [6.45, 7) is 6.47. The van der Waals surface area contributed by atoms with Crippen LogP contribution in [0.25, 0.3) is 0 Å². The minimum atomic E-state index is -4.71. The van der Waals surface area contributed by atoms with E-state index >= 15 is 0 Å². The molecule has 1 fully saturated rings. The maximum absolute atomic E-state index is 10.7. The number of guanidine groups is 1. The van der Waals surface area contributed by atoms with Crippen LogP contribution in [0.5, 0.6) is 0 Å². The van der Waals surface area contributed by atoms with Crippen molar-refractivity contribution < 1.29 is 17.3 Å². The first kappa shape index (κ1) is 16.0. The molecule has 21 heavy (non-hydrogen) atoms. The second kappa shape index (κ2) is 6.15. The van der Waals surface area contributed by atoms with Gasteiger partial charge in [-0.05, 0) is 12.6 Å². The summed E-state index contributed by atoms with van der Waals surface area (Å²) in [7, 11) is -4.71. The molecule has 5 N–H and O–H groups in total. The molecular formula is C10H20N6O4S. The average molecular weight is 320 g/mol. The summed E-state index contributed by atoms with van der Waals surface area (Å²) < 4.78 is 34.4. The summed E-state index contributed by atoms with van der Waals surface area (Å²) in [6.07, 6.45) is 0.576. The molecule has 2 aliphatic rings. The predicted octanol–water partition coefficient (Wildman–Crippen LogP) is -1.89. The Morgan fingerprint density at radius 1 is 1.43 bits per heavy atom. The number of hydrogen-bond donors (Lipinski definition) is 3. The van der Waals surface area contributed by atoms with Gasteiger partial charge in [0.05, 0.1) is 0 Å². The van der Waals surface area contributed by atoms with Gasteiger partial charge < -0.3 is 21.3 Å². The minimum absolute atomic E-state index is 0.226. The van der Waals surface area contributed by atoms with Gasteiger partial charge in [0.15, 0.2) is 0 Å². The molecule has 10 nitrogen and oxygen atoms in total. The zero-order valence-corrected chi connectivity index (χ0v) is 12.5. The van der Waals surface area contributed by atoms with Gasteiger partial charge in [-0.2, -0.15) is 18.5 Å². The molecule has 0 aliphatic carbocycles. The van der Waals surface area contributed by atoms with Crippen molar-refractivity contribution in [3.05, 3.63) is 11.9 Å². The summed E-state index contributed by atoms with van der Waals surface area (Å²) in [5.74, 6) is 0.349. The van der Waals surface area contributed by atoms with Crippen molar-refractivity contribution in [2.45, 2.75) is 13.1 Å². The molecule has 0 amide bonds. The largest absolute Gasteiger partial charge is 0.418 e. The Balaban J connectivity index is 2.06. The molecule has 1 saturated heterocycles. The summed E-state index contributed by atoms with van der Waals surface area (Å²) in [5.41, 5.74) is 11.4. The van der Waals surface area contributed by atoms with E-state index in [9.17, 15) is 8.42 Å². The number of likely N-dealkylation sites (N-methyl/N-ethyl adjacent to an activating group) is 1. The summed E-state index contributed by atoms with van der Waals surface area (Å²) >= 11 is 0. The zero-order valence-electron chi connectivity index (χ0n) is 11.7. The molecule has 0 radical (unpaired) electrons. The van der Waals surface area contributed by atoms with Crippen LogP contribution in [0, 0.1) is 0 Å². The molecule has 11 heteroatoms. The molecular weight excluding hydrogens is 300 g/mol. The number of piperazine rings is 1. The molecule has 0 saturated carbocycles. The van der Waals surface area contributed by atoms with E-state index in [1.807, 2.05) is 4.90 Å². The van der Waals surface area contributed by atoms with Crippen molar-refractivity contribution >= 4 is 16.4 Å². The Morgan fingerprint density at radius 2 is 2.05 bits per heavy atom. The van der Waals surface area contributed by atoms with E-state index in [4.69, 9.17) is 16.0 Å². The summed E-state index contributed by atoms with van der Waals surface area (Å²) in [4.78, 5) is 8.40. The van der Waals surface area contributed by atoms with Crippen LogP contribution < -0.4 is 11.5 Å². The topological polar surface area (TPSA) is 138 Å². The lowest BCUT2D eigenvalue weighted by Gasteiger charge is -2.37. The fourth-order valence-electron chi connectivity index (χ4n) is 2.24. The second-order valence-corrected chi connectivity index (χ2v) is 5.74. The minimum Gasteiger partial charge on any atom is -0.368 e. The monoisotopic (exact) mass is 320 g/mol. The van der Waals surface area contributed by atoms with Crippen molar-refractivity contribution in [1.82, 2.24) is 14.9 Å². The van der Waals surface area contributed by atoms with Gasteiger partial charge in [0, 0.05) is 26.2 Å². The van der Waals surface area contributed by atoms with Gasteiger partial charge in [-0.3, -0.25) is 4.55 Å². The van der Waals surface area contributed by atoms with Crippen LogP contribution in [0.4, 0.5) is 0 Å². The molecule has 0 aromatic heterocycles. The molecule has 0 bridgehead atoms. The molecule has 1 unspecified atom stereocenters. The third-order valence-electron chi connectivity index (χ3n) is 3.36. The molecule has 120 valence electrons. The van der Waals surface area contributed by atoms with Crippen LogP contribution in [0.3, 0.4) is 0 Å². The number of aliphatic imine (C=N–C) groups is 1. The Labute approximate surface area is 123 Å². The maximum atomic E-state index is 10.7. The lowest BCUT2D eigenvalue weighted by molar-refractivity contribution is -0.0136. The number of nitrogens with zero attached hydrogens (tertiary/aromatic N) is 4. The van der Waals surface area contributed by atoms with Crippen LogP contribution >= 0.6 is 0 Å². The second-order valence-electron chi connectivity index (χ2n) is 4.73. The Kier molecular flexibility index (Phi) is 4.68. The highest BCUT2D eigenvalue weighted by atomic mass is 32.3. The van der Waals surface area contributed by atoms with Crippen molar-refractivity contribution in [2.24, 2.45) is 16.5 Å². The van der Waals surface area contributed by atoms with E-state index in [0.717, 1.165) is 32.7 Å². The maximum Gasteiger partial charge on any atom is 0.418 e. The lowest BCUT2D eigenvalue weighted by Crippen LogP contribution is -2.53. The van der Waals surface area contributed by atoms with E-state index in [-0.39, 0.29) is 5.96 Å². The molecule has 2 aliphatic heterocycles. The summed E-state index contributed by atoms with van der Waals surface area (Å²) in [6, 6.07) is 0. The number of hydrogen-bond acceptors (Lipinski definition) is 9. The molecule has 2 heterocycles. The first-order valence-electron chi connectivity index (χ1n) is 6.55. The SMILES string of the molecule is CCN1CCN(C2=CC(N)N(OS(=O)(=O)O)C(N)=N2)CC1. The molecule has 0 aromatic rings. The standard InChI is InChI=1S/C10H20N6O4S/c1-2-14-3-5-15(6-4-14)9-7-8(11)16(10(12)13-9)20-21(17,18)19/h7-8H,2-6,11H2,1H3,(H2,12,13)(H,17,18,19). The van der Waals surface area contributed by atoms with E-state index < -0.39 is 16.6 Å². The van der Waals surface area contributed by atoms with Gasteiger partial charge in [-0.1, -0.05) is 6.92 Å². The van der Waals surface area contributed by atoms with Crippen molar-refractivity contribution in [1.29, 1.82) is 0 Å². The third-order valence-corrected chi connectivity index (χ3v) is 3.71. The van der Waals surface area contributed by atoms with Crippen molar-refractivity contribution in [3.63, 3.8) is 0 Å². The van der Waals surface area contributed by atoms with E-state index in [2.05, 4.69) is 21.1 Å². The molecule has 0 spiro atoms. The molecule has 1 atom stereocenters. The summed E-state index contributed by atoms with van der Waals surface area (Å²) in [5, 5.41) is 0.640. The third kappa shape index (κ3) is 4.04. The van der Waals surface area contributed by atoms with Gasteiger partial charge >= 0.3 is 10.4 Å². The van der Waals surface area contributed by atoms with Crippen LogP contribution in [0.2, 0.25) is 0 Å². The van der Waals surface area contributed by atoms with E-state index in [0.29, 0.717) is 10.9 Å². The first-order chi connectivity index (χ1) is 9.80. The van der Waals surface area contributed by atoms with E-state index in [1.54, 1.807) is 0 Å². The van der Waals surface area contributed by atoms with Crippen molar-refractivity contribution in [2.75, 3.05) is 32.7 Å². The van der Waals surface area contributed by atoms with Crippen LogP contribution in [0.15, 0.2) is 16.9 Å². The van der Waals surface area contributed by atoms with E-state index in [1.165, 1.54) is 6.08 Å². The highest BCUT2D eigenvalue weighted by molar-refractivity contribution is 7.80. The van der Waals surface area contributed by atoms with Gasteiger partial charge in [0.2, 0.25) is 5.96 Å². The first-order valence-corrected chi connectivity index (χ1v) is 7.92. The highest BCUT2D eigenvalue weighted by Crippen LogP contribution is 2.17. The Morgan fingerprint density at radius 3 is 2.52 bits per heavy atom. The van der Waals surface area contributed by atoms with Gasteiger partial charge in [-0.15, -0.1) is 4.28 Å². The number of nitrogens with two attached hydrogens (primary N) is 2. The van der Waals surface area contributed by atoms with Gasteiger partial charge in [-0.25, -0.2) is 0 Å². The Bertz CT molecular complexity index is 540. The Hall–Kier alpha value is -1.40. The van der Waals surface area contributed by atoms with Crippen LogP contribution in [0.1, 0.15) is 6.92 Å². The smallest absolute Gasteiger partial charge is 0.368 e. The van der Waals surface area contributed by atoms with Crippen LogP contribution in [-0.4, -0.2) is 72.7 Å². The number of rotatable bonds is 4. The van der Waals surface area contributed by atoms with Gasteiger partial charge in [0.1, 0.15) is 12.0 Å². The predicted molar refractivity (Wildman–Crippen MR) is 75.8 cm³/mol. The fraction of sp³-hybridized carbons (Fsp3) is 0.700. The lowest BCUT2D eigenvalue weighted by atomic mass is 10.3.